The summed E-state index contributed by atoms with van der Waals surface area (Å²) in [6.07, 6.45) is 85.3. The predicted molar refractivity (Wildman–Crippen MR) is 373 cm³/mol. The standard InChI is InChI=1S/C78H147NO8/c1-3-5-7-9-11-13-15-17-19-21-23-25-27-28-29-30-31-32-33-34-35-36-37-38-39-40-41-42-43-44-46-48-50-52-54-56-58-60-62-64-66-68-74(82)79-71(70-86-78-77(85)76(84)75(83)73(69-80)87-78)72(81)67-65-63-61-59-57-55-53-51-49-47-45-26-24-22-20-18-16-14-12-10-8-6-4-2/h15,17,21,23,27-28,65,67,71-73,75-78,80-81,83-85H,3-14,16,18-20,22,24-26,29-64,66,68-70H2,1-2H3,(H,79,82)/b17-15-,23-21-,28-27-,67-65+. The molecule has 1 rings (SSSR count). The number of aliphatic hydroxyl groups is 5. The Hall–Kier alpha value is -1.85. The minimum atomic E-state index is -1.57. The number of nitrogens with one attached hydrogen (secondary N) is 1. The average molecular weight is 1230 g/mol. The van der Waals surface area contributed by atoms with Crippen molar-refractivity contribution in [2.24, 2.45) is 0 Å². The summed E-state index contributed by atoms with van der Waals surface area (Å²) in [4.78, 5) is 13.1. The lowest BCUT2D eigenvalue weighted by molar-refractivity contribution is -0.302. The minimum absolute atomic E-state index is 0.168. The number of hydrogen-bond acceptors (Lipinski definition) is 8. The van der Waals surface area contributed by atoms with E-state index in [2.05, 4.69) is 55.6 Å². The van der Waals surface area contributed by atoms with Crippen LogP contribution in [0.25, 0.3) is 0 Å². The topological polar surface area (TPSA) is 149 Å². The molecule has 0 spiro atoms. The van der Waals surface area contributed by atoms with Crippen molar-refractivity contribution < 1.29 is 39.8 Å². The second-order valence-electron chi connectivity index (χ2n) is 26.8. The van der Waals surface area contributed by atoms with Crippen molar-refractivity contribution >= 4 is 5.91 Å². The van der Waals surface area contributed by atoms with E-state index in [9.17, 15) is 30.3 Å². The Kier molecular flexibility index (Phi) is 64.1. The van der Waals surface area contributed by atoms with Crippen LogP contribution in [-0.2, 0) is 14.3 Å². The van der Waals surface area contributed by atoms with Gasteiger partial charge in [-0.15, -0.1) is 0 Å². The number of aliphatic hydroxyl groups excluding tert-OH is 5. The van der Waals surface area contributed by atoms with E-state index in [0.717, 1.165) is 51.4 Å². The van der Waals surface area contributed by atoms with E-state index in [-0.39, 0.29) is 12.5 Å². The minimum Gasteiger partial charge on any atom is -0.394 e. The Morgan fingerprint density at radius 1 is 0.391 bits per heavy atom. The molecule has 512 valence electrons. The quantitative estimate of drug-likeness (QED) is 0.0261. The highest BCUT2D eigenvalue weighted by atomic mass is 16.7. The summed E-state index contributed by atoms with van der Waals surface area (Å²) in [5.74, 6) is -0.168. The van der Waals surface area contributed by atoms with E-state index >= 15 is 0 Å². The van der Waals surface area contributed by atoms with Gasteiger partial charge in [-0.05, 0) is 57.8 Å². The SMILES string of the molecule is CCCCCCC/C=C\C/C=C\C/C=C\CCCCCCCCCCCCCCCCCCCCCCCCCCCCC(=O)NC(COC1OC(CO)C(O)C(O)C1O)C(O)/C=C/CCCCCCCCCCCCCCCCCCCCCCC. The number of ether oxygens (including phenoxy) is 2. The lowest BCUT2D eigenvalue weighted by Crippen LogP contribution is -2.60. The van der Waals surface area contributed by atoms with Gasteiger partial charge in [0.15, 0.2) is 6.29 Å². The van der Waals surface area contributed by atoms with Crippen LogP contribution >= 0.6 is 0 Å². The molecule has 0 aromatic rings. The van der Waals surface area contributed by atoms with Crippen molar-refractivity contribution in [1.82, 2.24) is 5.32 Å². The smallest absolute Gasteiger partial charge is 0.220 e. The second-order valence-corrected chi connectivity index (χ2v) is 26.8. The number of hydrogen-bond donors (Lipinski definition) is 6. The molecule has 1 amide bonds. The first-order chi connectivity index (χ1) is 42.8. The molecule has 1 heterocycles. The Morgan fingerprint density at radius 2 is 0.678 bits per heavy atom. The zero-order chi connectivity index (χ0) is 62.8. The Balaban J connectivity index is 2.04. The summed E-state index contributed by atoms with van der Waals surface area (Å²) in [5.41, 5.74) is 0. The maximum Gasteiger partial charge on any atom is 0.220 e. The average Bonchev–Trinajstić information content (AvgIpc) is 3.47. The van der Waals surface area contributed by atoms with Crippen LogP contribution < -0.4 is 5.32 Å². The number of allylic oxidation sites excluding steroid dienone is 7. The highest BCUT2D eigenvalue weighted by Gasteiger charge is 2.44. The summed E-state index contributed by atoms with van der Waals surface area (Å²) in [6, 6.07) is -0.805. The van der Waals surface area contributed by atoms with Crippen LogP contribution in [0.1, 0.15) is 386 Å². The number of unbranched alkanes of at least 4 members (excludes halogenated alkanes) is 52. The van der Waals surface area contributed by atoms with Crippen molar-refractivity contribution in [1.29, 1.82) is 0 Å². The van der Waals surface area contributed by atoms with E-state index < -0.39 is 49.5 Å². The molecule has 1 saturated heterocycles. The largest absolute Gasteiger partial charge is 0.394 e. The fourth-order valence-electron chi connectivity index (χ4n) is 12.4. The molecule has 87 heavy (non-hydrogen) atoms. The third-order valence-electron chi connectivity index (χ3n) is 18.4. The molecule has 9 nitrogen and oxygen atoms in total. The fraction of sp³-hybridized carbons (Fsp3) is 0.885. The maximum atomic E-state index is 13.1. The molecule has 1 fully saturated rings. The van der Waals surface area contributed by atoms with Crippen LogP contribution in [0.15, 0.2) is 48.6 Å². The van der Waals surface area contributed by atoms with Gasteiger partial charge in [0, 0.05) is 6.42 Å². The van der Waals surface area contributed by atoms with Crippen LogP contribution in [0.5, 0.6) is 0 Å². The molecule has 7 unspecified atom stereocenters. The van der Waals surface area contributed by atoms with Gasteiger partial charge in [-0.1, -0.05) is 371 Å². The second kappa shape index (κ2) is 67.1. The van der Waals surface area contributed by atoms with Crippen molar-refractivity contribution in [3.8, 4) is 0 Å². The molecule has 0 radical (unpaired) electrons. The van der Waals surface area contributed by atoms with E-state index in [1.807, 2.05) is 6.08 Å². The van der Waals surface area contributed by atoms with Crippen LogP contribution in [-0.4, -0.2) is 87.5 Å². The van der Waals surface area contributed by atoms with Gasteiger partial charge in [0.1, 0.15) is 24.4 Å². The predicted octanol–water partition coefficient (Wildman–Crippen LogP) is 21.5. The summed E-state index contributed by atoms with van der Waals surface area (Å²) in [7, 11) is 0. The van der Waals surface area contributed by atoms with Crippen LogP contribution in [0, 0.1) is 0 Å². The molecule has 1 aliphatic rings. The zero-order valence-corrected chi connectivity index (χ0v) is 57.5. The number of rotatable bonds is 68. The monoisotopic (exact) mass is 1230 g/mol. The highest BCUT2D eigenvalue weighted by molar-refractivity contribution is 5.76. The first-order valence-electron chi connectivity index (χ1n) is 38.4. The van der Waals surface area contributed by atoms with Crippen LogP contribution in [0.4, 0.5) is 0 Å². The molecule has 9 heteroatoms. The van der Waals surface area contributed by atoms with Crippen molar-refractivity contribution in [2.75, 3.05) is 13.2 Å². The third kappa shape index (κ3) is 55.5. The van der Waals surface area contributed by atoms with E-state index in [0.29, 0.717) is 6.42 Å². The van der Waals surface area contributed by atoms with Crippen molar-refractivity contribution in [3.63, 3.8) is 0 Å². The van der Waals surface area contributed by atoms with Crippen LogP contribution in [0.2, 0.25) is 0 Å². The van der Waals surface area contributed by atoms with Crippen LogP contribution in [0.3, 0.4) is 0 Å². The summed E-state index contributed by atoms with van der Waals surface area (Å²) in [5, 5.41) is 54.8. The van der Waals surface area contributed by atoms with Gasteiger partial charge in [-0.2, -0.15) is 0 Å². The van der Waals surface area contributed by atoms with Gasteiger partial charge in [-0.3, -0.25) is 4.79 Å². The molecule has 6 N–H and O–H groups in total. The number of carbonyl (C=O) groups is 1. The molecule has 0 aromatic carbocycles. The molecular weight excluding hydrogens is 1080 g/mol. The summed E-state index contributed by atoms with van der Waals surface area (Å²) < 4.78 is 11.3. The Bertz CT molecular complexity index is 1520. The third-order valence-corrected chi connectivity index (χ3v) is 18.4. The first-order valence-corrected chi connectivity index (χ1v) is 38.4. The molecule has 0 bridgehead atoms. The van der Waals surface area contributed by atoms with Gasteiger partial charge >= 0.3 is 0 Å². The van der Waals surface area contributed by atoms with E-state index in [4.69, 9.17) is 9.47 Å². The molecule has 0 aliphatic carbocycles. The first kappa shape index (κ1) is 83.2. The molecule has 1 aliphatic heterocycles. The summed E-state index contributed by atoms with van der Waals surface area (Å²) >= 11 is 0. The van der Waals surface area contributed by atoms with Crippen molar-refractivity contribution in [2.45, 2.75) is 429 Å². The molecular formula is C78H147NO8. The molecule has 0 aromatic heterocycles. The number of carbonyl (C=O) groups excluding carboxylic acids is 1. The highest BCUT2D eigenvalue weighted by Crippen LogP contribution is 2.24. The van der Waals surface area contributed by atoms with Crippen molar-refractivity contribution in [3.05, 3.63) is 48.6 Å². The van der Waals surface area contributed by atoms with E-state index in [1.165, 1.54) is 315 Å². The number of amides is 1. The Morgan fingerprint density at radius 3 is 1.00 bits per heavy atom. The molecule has 7 atom stereocenters. The zero-order valence-electron chi connectivity index (χ0n) is 57.5. The van der Waals surface area contributed by atoms with Gasteiger partial charge in [-0.25, -0.2) is 0 Å². The van der Waals surface area contributed by atoms with Gasteiger partial charge in [0.25, 0.3) is 0 Å². The van der Waals surface area contributed by atoms with Gasteiger partial charge in [0.2, 0.25) is 5.91 Å². The normalized spacial score (nSPS) is 18.2. The van der Waals surface area contributed by atoms with E-state index in [1.54, 1.807) is 6.08 Å². The lowest BCUT2D eigenvalue weighted by Gasteiger charge is -2.40. The van der Waals surface area contributed by atoms with Gasteiger partial charge in [0.05, 0.1) is 25.4 Å². The van der Waals surface area contributed by atoms with Gasteiger partial charge < -0.3 is 40.3 Å². The molecule has 0 saturated carbocycles. The Labute approximate surface area is 539 Å². The fourth-order valence-corrected chi connectivity index (χ4v) is 12.4. The summed E-state index contributed by atoms with van der Waals surface area (Å²) in [6.45, 7) is 3.82. The maximum absolute atomic E-state index is 13.1. The lowest BCUT2D eigenvalue weighted by atomic mass is 9.99.